The van der Waals surface area contributed by atoms with Crippen molar-refractivity contribution in [1.29, 1.82) is 0 Å². The SMILES string of the molecule is CN(C)CCC1CN(C)C(=O)c2ccc3cccnc3c2O1. The molecule has 0 aliphatic carbocycles. The third-order valence-corrected chi connectivity index (χ3v) is 3.97. The molecule has 22 heavy (non-hydrogen) atoms. The number of aromatic nitrogens is 1. The molecule has 0 fully saturated rings. The zero-order chi connectivity index (χ0) is 15.7. The molecule has 0 N–H and O–H groups in total. The van der Waals surface area contributed by atoms with Gasteiger partial charge in [-0.2, -0.15) is 0 Å². The van der Waals surface area contributed by atoms with E-state index in [-0.39, 0.29) is 12.0 Å². The number of benzene rings is 1. The zero-order valence-electron chi connectivity index (χ0n) is 13.2. The number of rotatable bonds is 3. The Morgan fingerprint density at radius 1 is 1.36 bits per heavy atom. The summed E-state index contributed by atoms with van der Waals surface area (Å²) in [5.74, 6) is 0.617. The summed E-state index contributed by atoms with van der Waals surface area (Å²) < 4.78 is 6.21. The summed E-state index contributed by atoms with van der Waals surface area (Å²) in [7, 11) is 5.90. The largest absolute Gasteiger partial charge is 0.485 e. The van der Waals surface area contributed by atoms with E-state index in [9.17, 15) is 4.79 Å². The minimum atomic E-state index is -0.0230. The van der Waals surface area contributed by atoms with E-state index in [1.54, 1.807) is 11.1 Å². The van der Waals surface area contributed by atoms with E-state index in [0.29, 0.717) is 17.9 Å². The fraction of sp³-hybridized carbons (Fsp3) is 0.412. The molecule has 0 spiro atoms. The van der Waals surface area contributed by atoms with Crippen LogP contribution in [0.1, 0.15) is 16.8 Å². The van der Waals surface area contributed by atoms with Crippen LogP contribution in [0.4, 0.5) is 0 Å². The lowest BCUT2D eigenvalue weighted by Gasteiger charge is -2.22. The average molecular weight is 299 g/mol. The molecule has 1 aliphatic heterocycles. The van der Waals surface area contributed by atoms with Gasteiger partial charge in [-0.15, -0.1) is 0 Å². The molecule has 1 atom stereocenters. The van der Waals surface area contributed by atoms with Gasteiger partial charge in [0, 0.05) is 25.2 Å². The fourth-order valence-electron chi connectivity index (χ4n) is 2.76. The summed E-state index contributed by atoms with van der Waals surface area (Å²) in [5, 5.41) is 0.991. The third kappa shape index (κ3) is 2.76. The molecule has 0 saturated heterocycles. The molecule has 1 aromatic heterocycles. The monoisotopic (exact) mass is 299 g/mol. The van der Waals surface area contributed by atoms with E-state index in [2.05, 4.69) is 9.88 Å². The highest BCUT2D eigenvalue weighted by molar-refractivity contribution is 6.02. The van der Waals surface area contributed by atoms with Crippen LogP contribution in [0.5, 0.6) is 5.75 Å². The Hall–Kier alpha value is -2.14. The van der Waals surface area contributed by atoms with Gasteiger partial charge in [-0.05, 0) is 32.6 Å². The van der Waals surface area contributed by atoms with Crippen molar-refractivity contribution >= 4 is 16.8 Å². The molecule has 2 aromatic rings. The van der Waals surface area contributed by atoms with Crippen LogP contribution in [-0.2, 0) is 0 Å². The van der Waals surface area contributed by atoms with Crippen LogP contribution >= 0.6 is 0 Å². The number of likely N-dealkylation sites (N-methyl/N-ethyl adjacent to an activating group) is 1. The second-order valence-corrected chi connectivity index (χ2v) is 6.03. The first-order valence-corrected chi connectivity index (χ1v) is 7.51. The van der Waals surface area contributed by atoms with Crippen molar-refractivity contribution in [1.82, 2.24) is 14.8 Å². The van der Waals surface area contributed by atoms with E-state index in [0.717, 1.165) is 23.9 Å². The molecule has 5 nitrogen and oxygen atoms in total. The van der Waals surface area contributed by atoms with Gasteiger partial charge in [-0.1, -0.05) is 12.1 Å². The van der Waals surface area contributed by atoms with Crippen molar-refractivity contribution < 1.29 is 9.53 Å². The summed E-state index contributed by atoms with van der Waals surface area (Å²) in [4.78, 5) is 20.9. The van der Waals surface area contributed by atoms with E-state index >= 15 is 0 Å². The third-order valence-electron chi connectivity index (χ3n) is 3.97. The molecule has 2 heterocycles. The highest BCUT2D eigenvalue weighted by Gasteiger charge is 2.28. The van der Waals surface area contributed by atoms with Gasteiger partial charge < -0.3 is 14.5 Å². The maximum Gasteiger partial charge on any atom is 0.257 e. The first-order valence-electron chi connectivity index (χ1n) is 7.51. The molecule has 1 aliphatic rings. The van der Waals surface area contributed by atoms with Gasteiger partial charge in [-0.25, -0.2) is 0 Å². The number of nitrogens with zero attached hydrogens (tertiary/aromatic N) is 3. The summed E-state index contributed by atoms with van der Waals surface area (Å²) in [5.41, 5.74) is 1.36. The summed E-state index contributed by atoms with van der Waals surface area (Å²) in [6.45, 7) is 1.51. The van der Waals surface area contributed by atoms with E-state index < -0.39 is 0 Å². The van der Waals surface area contributed by atoms with Gasteiger partial charge in [0.05, 0.1) is 12.1 Å². The van der Waals surface area contributed by atoms with Gasteiger partial charge in [0.15, 0.2) is 5.75 Å². The van der Waals surface area contributed by atoms with Gasteiger partial charge in [0.1, 0.15) is 11.6 Å². The second kappa shape index (κ2) is 5.93. The molecular weight excluding hydrogens is 278 g/mol. The Balaban J connectivity index is 2.03. The number of amides is 1. The first kappa shape index (κ1) is 14.8. The van der Waals surface area contributed by atoms with E-state index in [4.69, 9.17) is 4.74 Å². The van der Waals surface area contributed by atoms with Crippen molar-refractivity contribution in [2.45, 2.75) is 12.5 Å². The lowest BCUT2D eigenvalue weighted by atomic mass is 10.1. The first-order chi connectivity index (χ1) is 10.6. The minimum absolute atomic E-state index is 0.00472. The van der Waals surface area contributed by atoms with Gasteiger partial charge in [0.2, 0.25) is 0 Å². The molecule has 0 saturated carbocycles. The van der Waals surface area contributed by atoms with Crippen LogP contribution in [0, 0.1) is 0 Å². The standard InChI is InChI=1S/C17H21N3O2/c1-19(2)10-8-13-11-20(3)17(21)14-7-6-12-5-4-9-18-15(12)16(14)22-13/h4-7,9,13H,8,10-11H2,1-3H3. The van der Waals surface area contributed by atoms with Crippen LogP contribution in [0.3, 0.4) is 0 Å². The quantitative estimate of drug-likeness (QED) is 0.870. The molecule has 0 radical (unpaired) electrons. The van der Waals surface area contributed by atoms with Crippen LogP contribution in [-0.4, -0.2) is 61.0 Å². The van der Waals surface area contributed by atoms with Crippen molar-refractivity contribution in [2.75, 3.05) is 34.2 Å². The molecule has 1 aromatic carbocycles. The molecular formula is C17H21N3O2. The lowest BCUT2D eigenvalue weighted by molar-refractivity contribution is 0.0751. The van der Waals surface area contributed by atoms with E-state index in [1.165, 1.54) is 0 Å². The Bertz CT molecular complexity index is 699. The maximum atomic E-state index is 12.6. The normalized spacial score (nSPS) is 18.3. The molecule has 1 unspecified atom stereocenters. The Labute approximate surface area is 130 Å². The van der Waals surface area contributed by atoms with Crippen LogP contribution in [0.25, 0.3) is 10.9 Å². The Morgan fingerprint density at radius 2 is 2.18 bits per heavy atom. The smallest absolute Gasteiger partial charge is 0.257 e. The molecule has 116 valence electrons. The number of carbonyl (C=O) groups is 1. The second-order valence-electron chi connectivity index (χ2n) is 6.03. The predicted molar refractivity (Wildman–Crippen MR) is 86.3 cm³/mol. The number of pyridine rings is 1. The number of ether oxygens (including phenoxy) is 1. The predicted octanol–water partition coefficient (Wildman–Crippen LogP) is 2.02. The molecule has 1 amide bonds. The van der Waals surface area contributed by atoms with Gasteiger partial charge >= 0.3 is 0 Å². The zero-order valence-corrected chi connectivity index (χ0v) is 13.2. The number of hydrogen-bond donors (Lipinski definition) is 0. The van der Waals surface area contributed by atoms with Gasteiger partial charge in [-0.3, -0.25) is 9.78 Å². The number of fused-ring (bicyclic) bond motifs is 3. The number of carbonyl (C=O) groups excluding carboxylic acids is 1. The maximum absolute atomic E-state index is 12.6. The lowest BCUT2D eigenvalue weighted by Crippen LogP contribution is -2.35. The highest BCUT2D eigenvalue weighted by Crippen LogP contribution is 2.32. The summed E-state index contributed by atoms with van der Waals surface area (Å²) in [6, 6.07) is 7.64. The Kier molecular flexibility index (Phi) is 3.98. The van der Waals surface area contributed by atoms with Crippen molar-refractivity contribution in [2.24, 2.45) is 0 Å². The summed E-state index contributed by atoms with van der Waals surface area (Å²) >= 11 is 0. The fourth-order valence-corrected chi connectivity index (χ4v) is 2.76. The van der Waals surface area contributed by atoms with Crippen LogP contribution in [0.15, 0.2) is 30.5 Å². The van der Waals surface area contributed by atoms with Crippen molar-refractivity contribution in [3.63, 3.8) is 0 Å². The molecule has 3 rings (SSSR count). The van der Waals surface area contributed by atoms with Crippen LogP contribution in [0.2, 0.25) is 0 Å². The molecule has 0 bridgehead atoms. The van der Waals surface area contributed by atoms with E-state index in [1.807, 2.05) is 45.4 Å². The minimum Gasteiger partial charge on any atom is -0.485 e. The Morgan fingerprint density at radius 3 is 2.95 bits per heavy atom. The average Bonchev–Trinajstić information content (AvgIpc) is 2.63. The topological polar surface area (TPSA) is 45.7 Å². The van der Waals surface area contributed by atoms with Crippen molar-refractivity contribution in [3.8, 4) is 5.75 Å². The summed E-state index contributed by atoms with van der Waals surface area (Å²) in [6.07, 6.45) is 2.58. The van der Waals surface area contributed by atoms with Gasteiger partial charge in [0.25, 0.3) is 5.91 Å². The highest BCUT2D eigenvalue weighted by atomic mass is 16.5. The number of hydrogen-bond acceptors (Lipinski definition) is 4. The molecule has 5 heteroatoms. The van der Waals surface area contributed by atoms with Crippen LogP contribution < -0.4 is 4.74 Å². The van der Waals surface area contributed by atoms with Crippen molar-refractivity contribution in [3.05, 3.63) is 36.0 Å².